The van der Waals surface area contributed by atoms with E-state index in [1.54, 1.807) is 0 Å². The molecule has 2 nitrogen and oxygen atoms in total. The minimum absolute atomic E-state index is 0.195. The highest BCUT2D eigenvalue weighted by atomic mass is 27.0. The number of hydrogen-bond acceptors (Lipinski definition) is 2. The van der Waals surface area contributed by atoms with Crippen LogP contribution < -0.4 is 0 Å². The maximum atomic E-state index is 5.39. The van der Waals surface area contributed by atoms with Crippen molar-refractivity contribution in [3.05, 3.63) is 0 Å². The van der Waals surface area contributed by atoms with Crippen molar-refractivity contribution in [1.29, 1.82) is 0 Å². The second-order valence-corrected chi connectivity index (χ2v) is 4.46. The van der Waals surface area contributed by atoms with Gasteiger partial charge in [-0.15, -0.1) is 0 Å². The topological polar surface area (TPSA) is 18.5 Å². The number of hydrogen-bond donors (Lipinski definition) is 0. The molecule has 0 saturated carbocycles. The maximum absolute atomic E-state index is 5.39. The lowest BCUT2D eigenvalue weighted by atomic mass is 10.5. The summed E-state index contributed by atoms with van der Waals surface area (Å²) >= 11 is 0.956. The van der Waals surface area contributed by atoms with E-state index >= 15 is 0 Å². The van der Waals surface area contributed by atoms with Gasteiger partial charge < -0.3 is 9.47 Å². The molecule has 0 aliphatic carbocycles. The Kier molecular flexibility index (Phi) is 1.64. The van der Waals surface area contributed by atoms with Gasteiger partial charge in [0.05, 0.1) is 17.4 Å². The third-order valence-electron chi connectivity index (χ3n) is 1.15. The van der Waals surface area contributed by atoms with E-state index in [2.05, 4.69) is 0 Å². The van der Waals surface area contributed by atoms with E-state index < -0.39 is 0 Å². The Hall–Kier alpha value is 0.452. The van der Waals surface area contributed by atoms with Gasteiger partial charge in [-0.1, -0.05) is 0 Å². The Balaban J connectivity index is 2.44. The molecule has 1 saturated heterocycles. The quantitative estimate of drug-likeness (QED) is 0.420. The minimum Gasteiger partial charge on any atom is -0.363 e. The van der Waals surface area contributed by atoms with Gasteiger partial charge in [0.15, 0.2) is 0 Å². The summed E-state index contributed by atoms with van der Waals surface area (Å²) < 4.78 is 10.5. The first-order valence-electron chi connectivity index (χ1n) is 2.92. The van der Waals surface area contributed by atoms with Crippen LogP contribution in [0.1, 0.15) is 13.8 Å². The van der Waals surface area contributed by atoms with Crippen LogP contribution in [0.3, 0.4) is 0 Å². The number of rotatable bonds is 0. The zero-order chi connectivity index (χ0) is 6.20. The van der Waals surface area contributed by atoms with Crippen LogP contribution in [0.25, 0.3) is 0 Å². The molecule has 8 heavy (non-hydrogen) atoms. The average Bonchev–Trinajstić information content (AvgIpc) is 1.82. The zero-order valence-electron chi connectivity index (χ0n) is 5.60. The van der Waals surface area contributed by atoms with Crippen LogP contribution in [0.4, 0.5) is 0 Å². The summed E-state index contributed by atoms with van der Waals surface area (Å²) in [6.07, 6.45) is 0.303. The third kappa shape index (κ3) is 1.46. The molecule has 0 spiro atoms. The summed E-state index contributed by atoms with van der Waals surface area (Å²) in [6, 6.07) is 0. The predicted octanol–water partition coefficient (Wildman–Crippen LogP) is -0.272. The first-order chi connectivity index (χ1) is 3.60. The summed E-state index contributed by atoms with van der Waals surface area (Å²) in [7, 11) is 0. The van der Waals surface area contributed by atoms with Gasteiger partial charge in [-0.25, -0.2) is 0 Å². The standard InChI is InChI=1S/C5H9O2.Al.2H/c1-4-3-6-5(2)7-4;;;/h4H,3H2,1-2H3;;;. The summed E-state index contributed by atoms with van der Waals surface area (Å²) in [5.74, 6) is 0. The molecule has 46 valence electrons. The average molecular weight is 130 g/mol. The van der Waals surface area contributed by atoms with Gasteiger partial charge >= 0.3 is 16.3 Å². The van der Waals surface area contributed by atoms with Gasteiger partial charge in [0, 0.05) is 0 Å². The van der Waals surface area contributed by atoms with Crippen LogP contribution in [0.2, 0.25) is 0 Å². The van der Waals surface area contributed by atoms with Crippen LogP contribution in [0, 0.1) is 0 Å². The monoisotopic (exact) mass is 130 g/mol. The maximum Gasteiger partial charge on any atom is 0.307 e. The minimum atomic E-state index is -0.195. The number of ether oxygens (including phenoxy) is 2. The highest BCUT2D eigenvalue weighted by Gasteiger charge is 2.28. The van der Waals surface area contributed by atoms with Crippen molar-refractivity contribution in [3.63, 3.8) is 0 Å². The SMILES string of the molecule is CC1CO[C](C)([AlH2])O1. The van der Waals surface area contributed by atoms with Gasteiger partial charge in [0.1, 0.15) is 0 Å². The zero-order valence-corrected chi connectivity index (χ0v) is 7.60. The fourth-order valence-electron chi connectivity index (χ4n) is 0.871. The van der Waals surface area contributed by atoms with E-state index in [4.69, 9.17) is 9.47 Å². The summed E-state index contributed by atoms with van der Waals surface area (Å²) in [4.78, 5) is 0. The van der Waals surface area contributed by atoms with Crippen LogP contribution in [0.5, 0.6) is 0 Å². The molecular formula is C5H11AlO2. The molecule has 0 radical (unpaired) electrons. The molecule has 2 unspecified atom stereocenters. The first kappa shape index (κ1) is 6.57. The molecule has 1 aliphatic rings. The Bertz CT molecular complexity index is 92.4. The molecule has 0 amide bonds. The molecule has 2 atom stereocenters. The Labute approximate surface area is 57.6 Å². The van der Waals surface area contributed by atoms with E-state index in [0.717, 1.165) is 22.9 Å². The van der Waals surface area contributed by atoms with Gasteiger partial charge in [0.2, 0.25) is 0 Å². The molecule has 0 aromatic carbocycles. The Morgan fingerprint density at radius 3 is 2.50 bits per heavy atom. The Morgan fingerprint density at radius 1 is 1.75 bits per heavy atom. The van der Waals surface area contributed by atoms with Gasteiger partial charge in [-0.05, 0) is 13.8 Å². The fourth-order valence-corrected chi connectivity index (χ4v) is 1.44. The molecule has 3 heteroatoms. The molecule has 0 aromatic rings. The summed E-state index contributed by atoms with van der Waals surface area (Å²) in [5.41, 5.74) is 0. The van der Waals surface area contributed by atoms with E-state index in [-0.39, 0.29) is 4.65 Å². The molecule has 0 bridgehead atoms. The molecule has 1 aliphatic heterocycles. The fraction of sp³-hybridized carbons (Fsp3) is 1.00. The highest BCUT2D eigenvalue weighted by Crippen LogP contribution is 2.18. The molecule has 1 heterocycles. The molecular weight excluding hydrogens is 119 g/mol. The van der Waals surface area contributed by atoms with Gasteiger partial charge in [-0.2, -0.15) is 0 Å². The predicted molar refractivity (Wildman–Crippen MR) is 33.4 cm³/mol. The normalized spacial score (nSPS) is 47.5. The first-order valence-corrected chi connectivity index (χ1v) is 3.92. The molecule has 1 fully saturated rings. The largest absolute Gasteiger partial charge is 0.363 e. The molecule has 0 N–H and O–H groups in total. The van der Waals surface area contributed by atoms with Crippen molar-refractivity contribution in [1.82, 2.24) is 0 Å². The third-order valence-corrected chi connectivity index (χ3v) is 1.68. The highest BCUT2D eigenvalue weighted by molar-refractivity contribution is 6.13. The van der Waals surface area contributed by atoms with E-state index in [1.807, 2.05) is 13.8 Å². The van der Waals surface area contributed by atoms with Crippen molar-refractivity contribution in [2.24, 2.45) is 0 Å². The van der Waals surface area contributed by atoms with Crippen molar-refractivity contribution < 1.29 is 9.47 Å². The lowest BCUT2D eigenvalue weighted by Gasteiger charge is -2.16. The van der Waals surface area contributed by atoms with E-state index in [0.29, 0.717) is 6.10 Å². The summed E-state index contributed by atoms with van der Waals surface area (Å²) in [5, 5.41) is 0. The van der Waals surface area contributed by atoms with Gasteiger partial charge in [0.25, 0.3) is 0 Å². The van der Waals surface area contributed by atoms with Crippen molar-refractivity contribution in [2.45, 2.75) is 24.6 Å². The Morgan fingerprint density at radius 2 is 2.38 bits per heavy atom. The smallest absolute Gasteiger partial charge is 0.307 e. The van der Waals surface area contributed by atoms with E-state index in [9.17, 15) is 0 Å². The molecule has 0 aromatic heterocycles. The molecule has 1 rings (SSSR count). The van der Waals surface area contributed by atoms with Crippen molar-refractivity contribution >= 4 is 16.3 Å². The van der Waals surface area contributed by atoms with E-state index in [1.165, 1.54) is 0 Å². The second-order valence-electron chi connectivity index (χ2n) is 2.64. The van der Waals surface area contributed by atoms with Crippen molar-refractivity contribution in [3.8, 4) is 0 Å². The summed E-state index contributed by atoms with van der Waals surface area (Å²) in [6.45, 7) is 4.78. The van der Waals surface area contributed by atoms with Crippen LogP contribution in [-0.4, -0.2) is 33.7 Å². The lowest BCUT2D eigenvalue weighted by Crippen LogP contribution is -2.25. The van der Waals surface area contributed by atoms with Crippen LogP contribution >= 0.6 is 0 Å². The van der Waals surface area contributed by atoms with Crippen LogP contribution in [0.15, 0.2) is 0 Å². The van der Waals surface area contributed by atoms with Crippen molar-refractivity contribution in [2.75, 3.05) is 6.61 Å². The lowest BCUT2D eigenvalue weighted by molar-refractivity contribution is -0.0805. The second kappa shape index (κ2) is 2.00. The van der Waals surface area contributed by atoms with Gasteiger partial charge in [-0.3, -0.25) is 0 Å². The van der Waals surface area contributed by atoms with Crippen LogP contribution in [-0.2, 0) is 9.47 Å².